The molecule has 0 radical (unpaired) electrons. The minimum absolute atomic E-state index is 0.0241. The lowest BCUT2D eigenvalue weighted by Gasteiger charge is -2.24. The molecule has 0 aromatic heterocycles. The average Bonchev–Trinajstić information content (AvgIpc) is 3.12. The molecule has 0 saturated carbocycles. The van der Waals surface area contributed by atoms with Gasteiger partial charge in [0, 0.05) is 16.5 Å². The molecule has 1 aliphatic heterocycles. The average molecular weight is 411 g/mol. The van der Waals surface area contributed by atoms with E-state index in [1.165, 1.54) is 12.1 Å². The van der Waals surface area contributed by atoms with E-state index in [1.54, 1.807) is 6.07 Å². The number of hydrazone groups is 1. The van der Waals surface area contributed by atoms with Crippen LogP contribution in [-0.4, -0.2) is 5.71 Å². The van der Waals surface area contributed by atoms with Crippen LogP contribution >= 0.6 is 23.2 Å². The van der Waals surface area contributed by atoms with E-state index in [0.29, 0.717) is 16.5 Å². The minimum Gasteiger partial charge on any atom is -0.257 e. The summed E-state index contributed by atoms with van der Waals surface area (Å²) >= 11 is 12.0. The van der Waals surface area contributed by atoms with Crippen LogP contribution in [0.4, 0.5) is 10.1 Å². The number of rotatable bonds is 4. The van der Waals surface area contributed by atoms with Gasteiger partial charge in [-0.05, 0) is 59.7 Å². The fourth-order valence-electron chi connectivity index (χ4n) is 3.20. The van der Waals surface area contributed by atoms with Gasteiger partial charge in [0.15, 0.2) is 0 Å². The Kier molecular flexibility index (Phi) is 5.47. The highest BCUT2D eigenvalue weighted by Crippen LogP contribution is 2.36. The predicted molar refractivity (Wildman–Crippen MR) is 116 cm³/mol. The maximum Gasteiger partial charge on any atom is 0.125 e. The zero-order valence-electron chi connectivity index (χ0n) is 14.9. The molecule has 140 valence electrons. The van der Waals surface area contributed by atoms with Crippen molar-refractivity contribution in [2.45, 2.75) is 12.5 Å². The lowest BCUT2D eigenvalue weighted by Crippen LogP contribution is -2.18. The highest BCUT2D eigenvalue weighted by Gasteiger charge is 2.28. The molecule has 0 aliphatic carbocycles. The molecule has 1 aliphatic rings. The third-order valence-electron chi connectivity index (χ3n) is 4.60. The maximum atomic E-state index is 13.8. The highest BCUT2D eigenvalue weighted by atomic mass is 35.5. The molecule has 0 fully saturated rings. The molecule has 3 aromatic rings. The van der Waals surface area contributed by atoms with Crippen LogP contribution in [0, 0.1) is 5.82 Å². The fourth-order valence-corrected chi connectivity index (χ4v) is 3.45. The number of hydrogen-bond acceptors (Lipinski definition) is 2. The predicted octanol–water partition coefficient (Wildman–Crippen LogP) is 7.15. The normalized spacial score (nSPS) is 16.6. The molecule has 2 nitrogen and oxygen atoms in total. The number of halogens is 3. The summed E-state index contributed by atoms with van der Waals surface area (Å²) in [5, 5.41) is 8.01. The van der Waals surface area contributed by atoms with Crippen LogP contribution in [0.2, 0.25) is 10.0 Å². The molecule has 0 bridgehead atoms. The highest BCUT2D eigenvalue weighted by molar-refractivity contribution is 6.30. The number of anilines is 1. The van der Waals surface area contributed by atoms with Crippen molar-refractivity contribution in [1.29, 1.82) is 0 Å². The number of nitrogens with zero attached hydrogens (tertiary/aromatic N) is 2. The van der Waals surface area contributed by atoms with E-state index in [-0.39, 0.29) is 11.9 Å². The fraction of sp³-hybridized carbons (Fsp3) is 0.0870. The Labute approximate surface area is 173 Å². The third-order valence-corrected chi connectivity index (χ3v) is 5.10. The minimum atomic E-state index is -0.285. The van der Waals surface area contributed by atoms with Crippen molar-refractivity contribution < 1.29 is 4.39 Å². The monoisotopic (exact) mass is 410 g/mol. The topological polar surface area (TPSA) is 15.6 Å². The van der Waals surface area contributed by atoms with Gasteiger partial charge in [0.25, 0.3) is 0 Å². The summed E-state index contributed by atoms with van der Waals surface area (Å²) in [5.74, 6) is -0.285. The second-order valence-electron chi connectivity index (χ2n) is 6.57. The number of benzene rings is 3. The van der Waals surface area contributed by atoms with Crippen molar-refractivity contribution in [1.82, 2.24) is 0 Å². The largest absolute Gasteiger partial charge is 0.257 e. The van der Waals surface area contributed by atoms with Crippen molar-refractivity contribution in [2.24, 2.45) is 5.10 Å². The zero-order valence-corrected chi connectivity index (χ0v) is 16.4. The molecule has 28 heavy (non-hydrogen) atoms. The zero-order chi connectivity index (χ0) is 19.5. The van der Waals surface area contributed by atoms with Crippen molar-refractivity contribution in [3.8, 4) is 0 Å². The van der Waals surface area contributed by atoms with Gasteiger partial charge >= 0.3 is 0 Å². The molecule has 4 rings (SSSR count). The van der Waals surface area contributed by atoms with Gasteiger partial charge in [-0.1, -0.05) is 59.6 Å². The Hall–Kier alpha value is -2.62. The molecular weight excluding hydrogens is 394 g/mol. The summed E-state index contributed by atoms with van der Waals surface area (Å²) in [6.07, 6.45) is 4.71. The Morgan fingerprint density at radius 1 is 0.893 bits per heavy atom. The van der Waals surface area contributed by atoms with Crippen molar-refractivity contribution >= 4 is 40.7 Å². The third kappa shape index (κ3) is 4.27. The van der Waals surface area contributed by atoms with Gasteiger partial charge in [-0.3, -0.25) is 5.01 Å². The van der Waals surface area contributed by atoms with Gasteiger partial charge in [0.05, 0.1) is 17.4 Å². The molecule has 3 aromatic carbocycles. The van der Waals surface area contributed by atoms with Crippen LogP contribution in [0.1, 0.15) is 23.6 Å². The first-order valence-corrected chi connectivity index (χ1v) is 9.65. The van der Waals surface area contributed by atoms with Crippen LogP contribution in [0.5, 0.6) is 0 Å². The molecule has 0 amide bonds. The van der Waals surface area contributed by atoms with E-state index in [1.807, 2.05) is 71.8 Å². The summed E-state index contributed by atoms with van der Waals surface area (Å²) in [5.41, 5.74) is 3.75. The Balaban J connectivity index is 1.65. The molecule has 0 spiro atoms. The second kappa shape index (κ2) is 8.17. The first-order valence-electron chi connectivity index (χ1n) is 8.90. The molecule has 5 heteroatoms. The molecule has 0 saturated heterocycles. The molecule has 1 unspecified atom stereocenters. The van der Waals surface area contributed by atoms with Crippen LogP contribution in [0.15, 0.2) is 84.0 Å². The van der Waals surface area contributed by atoms with Crippen LogP contribution in [0.3, 0.4) is 0 Å². The van der Waals surface area contributed by atoms with E-state index in [4.69, 9.17) is 28.3 Å². The Morgan fingerprint density at radius 3 is 2.25 bits per heavy atom. The Bertz CT molecular complexity index is 1030. The quantitative estimate of drug-likeness (QED) is 0.445. The summed E-state index contributed by atoms with van der Waals surface area (Å²) in [6, 6.07) is 21.8. The number of hydrogen-bond donors (Lipinski definition) is 0. The standard InChI is InChI=1S/C23H17Cl2FN2/c24-18-9-4-16(5-10-18)6-13-21-15-23(17-7-11-19(25)12-8-17)28(27-21)22-3-1-2-20(26)14-22/h1-14,23H,15H2/b13-6+. The first kappa shape index (κ1) is 18.7. The smallest absolute Gasteiger partial charge is 0.125 e. The lowest BCUT2D eigenvalue weighted by atomic mass is 10.0. The van der Waals surface area contributed by atoms with E-state index in [2.05, 4.69) is 0 Å². The summed E-state index contributed by atoms with van der Waals surface area (Å²) in [7, 11) is 0. The van der Waals surface area contributed by atoms with Gasteiger partial charge in [-0.2, -0.15) is 5.10 Å². The number of allylic oxidation sites excluding steroid dienone is 1. The molecule has 0 N–H and O–H groups in total. The van der Waals surface area contributed by atoms with Gasteiger partial charge in [-0.25, -0.2) is 4.39 Å². The van der Waals surface area contributed by atoms with Crippen LogP contribution < -0.4 is 5.01 Å². The van der Waals surface area contributed by atoms with Crippen LogP contribution in [0.25, 0.3) is 6.08 Å². The van der Waals surface area contributed by atoms with E-state index >= 15 is 0 Å². The summed E-state index contributed by atoms with van der Waals surface area (Å²) in [4.78, 5) is 0. The van der Waals surface area contributed by atoms with Crippen LogP contribution in [-0.2, 0) is 0 Å². The summed E-state index contributed by atoms with van der Waals surface area (Å²) < 4.78 is 13.8. The summed E-state index contributed by atoms with van der Waals surface area (Å²) in [6.45, 7) is 0. The first-order chi connectivity index (χ1) is 13.6. The SMILES string of the molecule is Fc1cccc(N2N=C(/C=C/c3ccc(Cl)cc3)CC2c2ccc(Cl)cc2)c1. The molecule has 1 atom stereocenters. The second-order valence-corrected chi connectivity index (χ2v) is 7.45. The van der Waals surface area contributed by atoms with E-state index in [9.17, 15) is 4.39 Å². The maximum absolute atomic E-state index is 13.8. The van der Waals surface area contributed by atoms with Crippen molar-refractivity contribution in [3.05, 3.63) is 106 Å². The lowest BCUT2D eigenvalue weighted by molar-refractivity contribution is 0.624. The molecular formula is C23H17Cl2FN2. The molecule has 1 heterocycles. The van der Waals surface area contributed by atoms with Gasteiger partial charge in [0.1, 0.15) is 5.82 Å². The van der Waals surface area contributed by atoms with Crippen molar-refractivity contribution in [3.63, 3.8) is 0 Å². The Morgan fingerprint density at radius 2 is 1.57 bits per heavy atom. The van der Waals surface area contributed by atoms with Gasteiger partial charge in [-0.15, -0.1) is 0 Å². The van der Waals surface area contributed by atoms with Crippen molar-refractivity contribution in [2.75, 3.05) is 5.01 Å². The van der Waals surface area contributed by atoms with Gasteiger partial charge in [0.2, 0.25) is 0 Å². The van der Waals surface area contributed by atoms with E-state index < -0.39 is 0 Å². The van der Waals surface area contributed by atoms with E-state index in [0.717, 1.165) is 22.5 Å². The van der Waals surface area contributed by atoms with Gasteiger partial charge < -0.3 is 0 Å².